The molecule has 2 heterocycles. The maximum Gasteiger partial charge on any atom is 0.155 e. The van der Waals surface area contributed by atoms with Crippen LogP contribution in [0.3, 0.4) is 0 Å². The molecule has 2 aliphatic rings. The summed E-state index contributed by atoms with van der Waals surface area (Å²) in [5, 5.41) is 8.05. The fraction of sp³-hybridized carbons (Fsp3) is 0.765. The van der Waals surface area contributed by atoms with Crippen molar-refractivity contribution in [1.82, 2.24) is 15.1 Å². The monoisotopic (exact) mass is 289 g/mol. The fourth-order valence-corrected chi connectivity index (χ4v) is 3.63. The van der Waals surface area contributed by atoms with E-state index in [0.717, 1.165) is 18.7 Å². The van der Waals surface area contributed by atoms with Crippen molar-refractivity contribution in [3.05, 3.63) is 18.0 Å². The van der Waals surface area contributed by atoms with Crippen LogP contribution in [-0.2, 0) is 11.2 Å². The predicted octanol–water partition coefficient (Wildman–Crippen LogP) is 3.03. The Balaban J connectivity index is 1.57. The van der Waals surface area contributed by atoms with Gasteiger partial charge >= 0.3 is 0 Å². The summed E-state index contributed by atoms with van der Waals surface area (Å²) in [6.07, 6.45) is 13.6. The average Bonchev–Trinajstić information content (AvgIpc) is 2.81. The van der Waals surface area contributed by atoms with E-state index < -0.39 is 0 Å². The molecular formula is C17H27N3O. The Kier molecular flexibility index (Phi) is 5.07. The van der Waals surface area contributed by atoms with Gasteiger partial charge in [0.2, 0.25) is 0 Å². The van der Waals surface area contributed by atoms with Gasteiger partial charge < -0.3 is 5.32 Å². The van der Waals surface area contributed by atoms with E-state index in [-0.39, 0.29) is 6.04 Å². The molecule has 0 spiro atoms. The molecule has 1 aromatic heterocycles. The van der Waals surface area contributed by atoms with Gasteiger partial charge in [0.25, 0.3) is 0 Å². The molecule has 1 aliphatic carbocycles. The van der Waals surface area contributed by atoms with Crippen LogP contribution >= 0.6 is 0 Å². The van der Waals surface area contributed by atoms with E-state index in [1.54, 1.807) is 0 Å². The highest BCUT2D eigenvalue weighted by molar-refractivity contribution is 5.85. The number of ketones is 1. The minimum absolute atomic E-state index is 0.0485. The molecule has 116 valence electrons. The molecule has 2 fully saturated rings. The lowest BCUT2D eigenvalue weighted by Gasteiger charge is -2.21. The Hall–Kier alpha value is -1.16. The SMILES string of the molecule is O=C(Cc1ccn(C2CCCCC2)n1)C1CCCCCN1. The number of aromatic nitrogens is 2. The Morgan fingerprint density at radius 3 is 2.76 bits per heavy atom. The Morgan fingerprint density at radius 2 is 1.90 bits per heavy atom. The molecule has 3 rings (SSSR count). The van der Waals surface area contributed by atoms with Crippen molar-refractivity contribution < 1.29 is 4.79 Å². The number of nitrogens with one attached hydrogen (secondary N) is 1. The molecule has 0 bridgehead atoms. The Bertz CT molecular complexity index is 454. The first-order valence-corrected chi connectivity index (χ1v) is 8.63. The summed E-state index contributed by atoms with van der Waals surface area (Å²) in [5.74, 6) is 0.311. The molecule has 21 heavy (non-hydrogen) atoms. The van der Waals surface area contributed by atoms with Gasteiger partial charge in [0.15, 0.2) is 5.78 Å². The number of hydrogen-bond donors (Lipinski definition) is 1. The van der Waals surface area contributed by atoms with Crippen LogP contribution in [0.1, 0.15) is 69.5 Å². The third-order valence-corrected chi connectivity index (χ3v) is 4.92. The zero-order valence-electron chi connectivity index (χ0n) is 12.9. The van der Waals surface area contributed by atoms with E-state index in [4.69, 9.17) is 0 Å². The first kappa shape index (κ1) is 14.8. The number of Topliss-reactive ketones (excluding diaryl/α,β-unsaturated/α-hetero) is 1. The van der Waals surface area contributed by atoms with Crippen molar-refractivity contribution in [1.29, 1.82) is 0 Å². The second-order valence-electron chi connectivity index (χ2n) is 6.58. The lowest BCUT2D eigenvalue weighted by atomic mass is 9.96. The normalized spacial score (nSPS) is 24.7. The summed E-state index contributed by atoms with van der Waals surface area (Å²) in [6, 6.07) is 2.63. The van der Waals surface area contributed by atoms with Crippen LogP contribution in [-0.4, -0.2) is 28.2 Å². The van der Waals surface area contributed by atoms with Gasteiger partial charge in [-0.2, -0.15) is 5.10 Å². The van der Waals surface area contributed by atoms with Gasteiger partial charge in [-0.15, -0.1) is 0 Å². The minimum Gasteiger partial charge on any atom is -0.307 e. The summed E-state index contributed by atoms with van der Waals surface area (Å²) in [4.78, 5) is 12.4. The zero-order valence-corrected chi connectivity index (χ0v) is 12.9. The van der Waals surface area contributed by atoms with Gasteiger partial charge in [-0.3, -0.25) is 9.48 Å². The topological polar surface area (TPSA) is 46.9 Å². The third kappa shape index (κ3) is 3.94. The summed E-state index contributed by atoms with van der Waals surface area (Å²) < 4.78 is 2.10. The molecular weight excluding hydrogens is 262 g/mol. The largest absolute Gasteiger partial charge is 0.307 e. The van der Waals surface area contributed by atoms with Gasteiger partial charge in [0.05, 0.1) is 24.2 Å². The summed E-state index contributed by atoms with van der Waals surface area (Å²) in [5.41, 5.74) is 0.941. The lowest BCUT2D eigenvalue weighted by Crippen LogP contribution is -2.37. The highest BCUT2D eigenvalue weighted by Gasteiger charge is 2.21. The van der Waals surface area contributed by atoms with Gasteiger partial charge in [-0.25, -0.2) is 0 Å². The van der Waals surface area contributed by atoms with Gasteiger partial charge in [0, 0.05) is 6.20 Å². The van der Waals surface area contributed by atoms with Crippen LogP contribution in [0.25, 0.3) is 0 Å². The number of rotatable bonds is 4. The summed E-state index contributed by atoms with van der Waals surface area (Å²) >= 11 is 0. The second-order valence-corrected chi connectivity index (χ2v) is 6.58. The van der Waals surface area contributed by atoms with Crippen LogP contribution in [0, 0.1) is 0 Å². The van der Waals surface area contributed by atoms with E-state index in [1.807, 2.05) is 6.07 Å². The van der Waals surface area contributed by atoms with Crippen molar-refractivity contribution in [3.8, 4) is 0 Å². The van der Waals surface area contributed by atoms with Crippen molar-refractivity contribution in [2.45, 2.75) is 76.3 Å². The van der Waals surface area contributed by atoms with Crippen LogP contribution in [0.4, 0.5) is 0 Å². The number of hydrogen-bond acceptors (Lipinski definition) is 3. The molecule has 1 saturated carbocycles. The van der Waals surface area contributed by atoms with Crippen LogP contribution < -0.4 is 5.32 Å². The molecule has 1 saturated heterocycles. The first-order chi connectivity index (χ1) is 10.3. The third-order valence-electron chi connectivity index (χ3n) is 4.92. The van der Waals surface area contributed by atoms with E-state index in [1.165, 1.54) is 51.4 Å². The lowest BCUT2D eigenvalue weighted by molar-refractivity contribution is -0.120. The van der Waals surface area contributed by atoms with Crippen LogP contribution in [0.15, 0.2) is 12.3 Å². The average molecular weight is 289 g/mol. The highest BCUT2D eigenvalue weighted by Crippen LogP contribution is 2.27. The molecule has 1 aliphatic heterocycles. The van der Waals surface area contributed by atoms with Gasteiger partial charge in [-0.05, 0) is 38.3 Å². The highest BCUT2D eigenvalue weighted by atomic mass is 16.1. The van der Waals surface area contributed by atoms with E-state index in [9.17, 15) is 4.79 Å². The number of nitrogens with zero attached hydrogens (tertiary/aromatic N) is 2. The minimum atomic E-state index is 0.0485. The zero-order chi connectivity index (χ0) is 14.5. The van der Waals surface area contributed by atoms with Gasteiger partial charge in [-0.1, -0.05) is 32.1 Å². The molecule has 1 unspecified atom stereocenters. The van der Waals surface area contributed by atoms with Crippen molar-refractivity contribution >= 4 is 5.78 Å². The fourth-order valence-electron chi connectivity index (χ4n) is 3.63. The quantitative estimate of drug-likeness (QED) is 0.926. The molecule has 4 heteroatoms. The van der Waals surface area contributed by atoms with E-state index >= 15 is 0 Å². The molecule has 1 atom stereocenters. The molecule has 1 N–H and O–H groups in total. The second kappa shape index (κ2) is 7.21. The summed E-state index contributed by atoms with van der Waals surface area (Å²) in [6.45, 7) is 0.979. The molecule has 0 aromatic carbocycles. The van der Waals surface area contributed by atoms with Crippen molar-refractivity contribution in [2.75, 3.05) is 6.54 Å². The van der Waals surface area contributed by atoms with E-state index in [2.05, 4.69) is 21.3 Å². The first-order valence-electron chi connectivity index (χ1n) is 8.63. The standard InChI is InChI=1S/C17H27N3O/c21-17(16-9-5-2-6-11-18-16)13-14-10-12-20(19-14)15-7-3-1-4-8-15/h10,12,15-16,18H,1-9,11,13H2. The molecule has 0 amide bonds. The maximum atomic E-state index is 12.4. The number of carbonyl (C=O) groups excluding carboxylic acids is 1. The predicted molar refractivity (Wildman–Crippen MR) is 83.3 cm³/mol. The van der Waals surface area contributed by atoms with E-state index in [0.29, 0.717) is 18.2 Å². The maximum absolute atomic E-state index is 12.4. The van der Waals surface area contributed by atoms with Crippen molar-refractivity contribution in [2.24, 2.45) is 0 Å². The Labute approximate surface area is 127 Å². The van der Waals surface area contributed by atoms with Crippen molar-refractivity contribution in [3.63, 3.8) is 0 Å². The van der Waals surface area contributed by atoms with Gasteiger partial charge in [0.1, 0.15) is 0 Å². The van der Waals surface area contributed by atoms with Crippen LogP contribution in [0.5, 0.6) is 0 Å². The molecule has 1 aromatic rings. The van der Waals surface area contributed by atoms with Crippen LogP contribution in [0.2, 0.25) is 0 Å². The molecule has 4 nitrogen and oxygen atoms in total. The molecule has 0 radical (unpaired) electrons. The Morgan fingerprint density at radius 1 is 1.14 bits per heavy atom. The smallest absolute Gasteiger partial charge is 0.155 e. The summed E-state index contributed by atoms with van der Waals surface area (Å²) in [7, 11) is 0. The number of carbonyl (C=O) groups is 1.